The van der Waals surface area contributed by atoms with Crippen LogP contribution in [0.25, 0.3) is 10.9 Å². The Labute approximate surface area is 122 Å². The summed E-state index contributed by atoms with van der Waals surface area (Å²) in [5.41, 5.74) is 2.69. The second-order valence-corrected chi connectivity index (χ2v) is 5.24. The number of aliphatic hydroxyl groups is 1. The number of aryl methyl sites for hydroxylation is 1. The van der Waals surface area contributed by atoms with Crippen molar-refractivity contribution in [2.45, 2.75) is 12.5 Å². The normalized spacial score (nSPS) is 12.8. The zero-order valence-electron chi connectivity index (χ0n) is 11.1. The molecule has 0 spiro atoms. The van der Waals surface area contributed by atoms with Crippen LogP contribution in [-0.4, -0.2) is 14.9 Å². The number of rotatable bonds is 3. The van der Waals surface area contributed by atoms with Crippen molar-refractivity contribution in [1.82, 2.24) is 9.78 Å². The molecule has 0 saturated carbocycles. The van der Waals surface area contributed by atoms with E-state index in [9.17, 15) is 5.11 Å². The number of aromatic nitrogens is 2. The molecule has 0 fully saturated rings. The summed E-state index contributed by atoms with van der Waals surface area (Å²) in [7, 11) is 1.91. The Morgan fingerprint density at radius 3 is 2.65 bits per heavy atom. The van der Waals surface area contributed by atoms with Gasteiger partial charge in [0.05, 0.1) is 17.3 Å². The number of fused-ring (bicyclic) bond motifs is 1. The molecule has 1 heterocycles. The van der Waals surface area contributed by atoms with Crippen LogP contribution >= 0.6 is 11.6 Å². The van der Waals surface area contributed by atoms with E-state index < -0.39 is 6.10 Å². The van der Waals surface area contributed by atoms with Gasteiger partial charge in [-0.3, -0.25) is 4.68 Å². The fourth-order valence-electron chi connectivity index (χ4n) is 2.48. The van der Waals surface area contributed by atoms with Crippen LogP contribution in [0.4, 0.5) is 0 Å². The van der Waals surface area contributed by atoms with Crippen LogP contribution in [0.2, 0.25) is 5.02 Å². The molecule has 2 aromatic carbocycles. The highest BCUT2D eigenvalue weighted by Crippen LogP contribution is 2.27. The molecular formula is C16H15ClN2O. The van der Waals surface area contributed by atoms with Crippen LogP contribution in [-0.2, 0) is 13.5 Å². The average Bonchev–Trinajstić information content (AvgIpc) is 2.76. The first-order chi connectivity index (χ1) is 9.66. The van der Waals surface area contributed by atoms with E-state index >= 15 is 0 Å². The summed E-state index contributed by atoms with van der Waals surface area (Å²) in [6.07, 6.45) is -0.201. The maximum absolute atomic E-state index is 10.4. The van der Waals surface area contributed by atoms with Gasteiger partial charge in [0.25, 0.3) is 0 Å². The molecule has 3 rings (SSSR count). The molecule has 0 aliphatic rings. The Bertz CT molecular complexity index is 751. The van der Waals surface area contributed by atoms with Gasteiger partial charge in [0, 0.05) is 23.9 Å². The minimum atomic E-state index is -0.651. The molecule has 0 aliphatic carbocycles. The van der Waals surface area contributed by atoms with Gasteiger partial charge in [-0.1, -0.05) is 48.0 Å². The van der Waals surface area contributed by atoms with Crippen LogP contribution in [0.5, 0.6) is 0 Å². The number of aliphatic hydroxyl groups excluding tert-OH is 1. The molecule has 4 heteroatoms. The molecule has 1 aromatic heterocycles. The standard InChI is InChI=1S/C16H15ClN2O/c1-19-15-9-5-3-7-12(15)14(18-19)10-16(20)11-6-2-4-8-13(11)17/h2-9,16,20H,10H2,1H3. The molecule has 0 saturated heterocycles. The SMILES string of the molecule is Cn1nc(CC(O)c2ccccc2Cl)c2ccccc21. The largest absolute Gasteiger partial charge is 0.388 e. The number of para-hydroxylation sites is 1. The van der Waals surface area contributed by atoms with Crippen molar-refractivity contribution in [3.8, 4) is 0 Å². The third-order valence-electron chi connectivity index (χ3n) is 3.49. The van der Waals surface area contributed by atoms with E-state index in [1.54, 1.807) is 6.07 Å². The predicted molar refractivity (Wildman–Crippen MR) is 80.8 cm³/mol. The molecule has 0 amide bonds. The van der Waals surface area contributed by atoms with E-state index in [0.717, 1.165) is 22.2 Å². The van der Waals surface area contributed by atoms with Gasteiger partial charge in [-0.05, 0) is 17.7 Å². The zero-order chi connectivity index (χ0) is 14.1. The van der Waals surface area contributed by atoms with Gasteiger partial charge in [0.15, 0.2) is 0 Å². The van der Waals surface area contributed by atoms with Crippen LogP contribution in [0.15, 0.2) is 48.5 Å². The quantitative estimate of drug-likeness (QED) is 0.800. The van der Waals surface area contributed by atoms with Crippen molar-refractivity contribution in [1.29, 1.82) is 0 Å². The molecule has 3 nitrogen and oxygen atoms in total. The third-order valence-corrected chi connectivity index (χ3v) is 3.83. The van der Waals surface area contributed by atoms with Gasteiger partial charge in [0.2, 0.25) is 0 Å². The lowest BCUT2D eigenvalue weighted by Gasteiger charge is -2.11. The Morgan fingerprint density at radius 1 is 1.15 bits per heavy atom. The zero-order valence-corrected chi connectivity index (χ0v) is 11.9. The van der Waals surface area contributed by atoms with Gasteiger partial charge in [-0.25, -0.2) is 0 Å². The summed E-state index contributed by atoms with van der Waals surface area (Å²) in [5.74, 6) is 0. The lowest BCUT2D eigenvalue weighted by atomic mass is 10.0. The smallest absolute Gasteiger partial charge is 0.0860 e. The van der Waals surface area contributed by atoms with Crippen LogP contribution in [0.3, 0.4) is 0 Å². The maximum Gasteiger partial charge on any atom is 0.0860 e. The molecule has 3 aromatic rings. The molecule has 20 heavy (non-hydrogen) atoms. The minimum absolute atomic E-state index is 0.449. The Kier molecular flexibility index (Phi) is 3.47. The summed E-state index contributed by atoms with van der Waals surface area (Å²) in [5, 5.41) is 16.5. The molecule has 1 atom stereocenters. The lowest BCUT2D eigenvalue weighted by molar-refractivity contribution is 0.177. The van der Waals surface area contributed by atoms with Crippen molar-refractivity contribution in [3.63, 3.8) is 0 Å². The first kappa shape index (κ1) is 13.2. The fraction of sp³-hybridized carbons (Fsp3) is 0.188. The number of benzene rings is 2. The maximum atomic E-state index is 10.4. The molecule has 102 valence electrons. The minimum Gasteiger partial charge on any atom is -0.388 e. The second-order valence-electron chi connectivity index (χ2n) is 4.83. The lowest BCUT2D eigenvalue weighted by Crippen LogP contribution is -2.04. The second kappa shape index (κ2) is 5.27. The molecule has 0 bridgehead atoms. The highest BCUT2D eigenvalue weighted by Gasteiger charge is 2.16. The first-order valence-electron chi connectivity index (χ1n) is 6.50. The van der Waals surface area contributed by atoms with Crippen molar-refractivity contribution in [2.24, 2.45) is 7.05 Å². The van der Waals surface area contributed by atoms with E-state index in [2.05, 4.69) is 5.10 Å². The Morgan fingerprint density at radius 2 is 1.85 bits per heavy atom. The molecule has 0 aliphatic heterocycles. The number of hydrogen-bond donors (Lipinski definition) is 1. The van der Waals surface area contributed by atoms with E-state index in [1.807, 2.05) is 54.2 Å². The molecule has 1 unspecified atom stereocenters. The molecular weight excluding hydrogens is 272 g/mol. The van der Waals surface area contributed by atoms with E-state index in [-0.39, 0.29) is 0 Å². The number of nitrogens with zero attached hydrogens (tertiary/aromatic N) is 2. The summed E-state index contributed by atoms with van der Waals surface area (Å²) in [6.45, 7) is 0. The van der Waals surface area contributed by atoms with Gasteiger partial charge < -0.3 is 5.11 Å². The van der Waals surface area contributed by atoms with E-state index in [0.29, 0.717) is 11.4 Å². The summed E-state index contributed by atoms with van der Waals surface area (Å²) in [4.78, 5) is 0. The Balaban J connectivity index is 1.96. The van der Waals surface area contributed by atoms with Crippen LogP contribution in [0, 0.1) is 0 Å². The summed E-state index contributed by atoms with van der Waals surface area (Å²) < 4.78 is 1.84. The van der Waals surface area contributed by atoms with Crippen molar-refractivity contribution in [2.75, 3.05) is 0 Å². The van der Waals surface area contributed by atoms with Crippen molar-refractivity contribution >= 4 is 22.5 Å². The Hall–Kier alpha value is -1.84. The highest BCUT2D eigenvalue weighted by molar-refractivity contribution is 6.31. The average molecular weight is 287 g/mol. The third kappa shape index (κ3) is 2.30. The van der Waals surface area contributed by atoms with E-state index in [4.69, 9.17) is 11.6 Å². The first-order valence-corrected chi connectivity index (χ1v) is 6.87. The van der Waals surface area contributed by atoms with Crippen LogP contribution < -0.4 is 0 Å². The van der Waals surface area contributed by atoms with E-state index in [1.165, 1.54) is 0 Å². The highest BCUT2D eigenvalue weighted by atomic mass is 35.5. The molecule has 0 radical (unpaired) electrons. The van der Waals surface area contributed by atoms with Gasteiger partial charge in [0.1, 0.15) is 0 Å². The van der Waals surface area contributed by atoms with Crippen molar-refractivity contribution < 1.29 is 5.11 Å². The summed E-state index contributed by atoms with van der Waals surface area (Å²) >= 11 is 6.12. The monoisotopic (exact) mass is 286 g/mol. The fourth-order valence-corrected chi connectivity index (χ4v) is 2.74. The van der Waals surface area contributed by atoms with Crippen LogP contribution in [0.1, 0.15) is 17.4 Å². The van der Waals surface area contributed by atoms with Gasteiger partial charge in [-0.2, -0.15) is 5.10 Å². The van der Waals surface area contributed by atoms with Crippen molar-refractivity contribution in [3.05, 3.63) is 64.8 Å². The number of halogens is 1. The van der Waals surface area contributed by atoms with Gasteiger partial charge in [-0.15, -0.1) is 0 Å². The van der Waals surface area contributed by atoms with Gasteiger partial charge >= 0.3 is 0 Å². The molecule has 1 N–H and O–H groups in total. The topological polar surface area (TPSA) is 38.0 Å². The predicted octanol–water partition coefficient (Wildman–Crippen LogP) is 3.50. The summed E-state index contributed by atoms with van der Waals surface area (Å²) in [6, 6.07) is 15.4. The number of hydrogen-bond acceptors (Lipinski definition) is 2.